The second-order valence-electron chi connectivity index (χ2n) is 3.58. The molecule has 2 heterocycles. The number of rotatable bonds is 3. The number of halogens is 1. The van der Waals surface area contributed by atoms with Crippen molar-refractivity contribution in [2.24, 2.45) is 12.9 Å². The molecule has 0 aliphatic carbocycles. The van der Waals surface area contributed by atoms with Crippen molar-refractivity contribution in [3.05, 3.63) is 40.0 Å². The number of hydrogen-bond acceptors (Lipinski definition) is 4. The maximum atomic E-state index is 5.58. The molecule has 0 saturated carbocycles. The molecule has 16 heavy (non-hydrogen) atoms. The summed E-state index contributed by atoms with van der Waals surface area (Å²) < 4.78 is 8.05. The maximum Gasteiger partial charge on any atom is 0.140 e. The monoisotopic (exact) mass is 284 g/mol. The van der Waals surface area contributed by atoms with Crippen molar-refractivity contribution >= 4 is 15.9 Å². The van der Waals surface area contributed by atoms with Crippen LogP contribution in [0.4, 0.5) is 0 Å². The summed E-state index contributed by atoms with van der Waals surface area (Å²) in [5, 5.41) is 4.28. The fraction of sp³-hybridized carbons (Fsp3) is 0.300. The van der Waals surface area contributed by atoms with E-state index < -0.39 is 0 Å². The van der Waals surface area contributed by atoms with Crippen molar-refractivity contribution in [3.8, 4) is 0 Å². The molecule has 3 N–H and O–H groups in total. The zero-order chi connectivity index (χ0) is 11.7. The van der Waals surface area contributed by atoms with E-state index in [-0.39, 0.29) is 6.04 Å². The van der Waals surface area contributed by atoms with Crippen LogP contribution in [0.1, 0.15) is 23.1 Å². The molecule has 1 atom stereocenters. The number of aryl methyl sites for hydroxylation is 2. The third-order valence-corrected chi connectivity index (χ3v) is 3.09. The van der Waals surface area contributed by atoms with Gasteiger partial charge in [-0.1, -0.05) is 0 Å². The lowest BCUT2D eigenvalue weighted by Crippen LogP contribution is -2.29. The summed E-state index contributed by atoms with van der Waals surface area (Å²) in [6, 6.07) is 1.64. The van der Waals surface area contributed by atoms with Gasteiger partial charge < -0.3 is 4.42 Å². The highest BCUT2D eigenvalue weighted by molar-refractivity contribution is 9.10. The van der Waals surface area contributed by atoms with E-state index in [1.165, 1.54) is 0 Å². The first-order chi connectivity index (χ1) is 7.63. The van der Waals surface area contributed by atoms with Gasteiger partial charge >= 0.3 is 0 Å². The lowest BCUT2D eigenvalue weighted by molar-refractivity contribution is 0.449. The summed E-state index contributed by atoms with van der Waals surface area (Å²) in [4.78, 5) is 0. The number of furan rings is 1. The quantitative estimate of drug-likeness (QED) is 0.664. The lowest BCUT2D eigenvalue weighted by atomic mass is 10.1. The summed E-state index contributed by atoms with van der Waals surface area (Å²) >= 11 is 3.42. The van der Waals surface area contributed by atoms with E-state index >= 15 is 0 Å². The molecule has 0 aliphatic rings. The Morgan fingerprint density at radius 2 is 2.38 bits per heavy atom. The minimum Gasteiger partial charge on any atom is -0.466 e. The fourth-order valence-electron chi connectivity index (χ4n) is 1.72. The van der Waals surface area contributed by atoms with Crippen LogP contribution in [0.25, 0.3) is 0 Å². The van der Waals surface area contributed by atoms with Gasteiger partial charge in [-0.2, -0.15) is 5.10 Å². The van der Waals surface area contributed by atoms with Gasteiger partial charge in [0.05, 0.1) is 16.4 Å². The minimum absolute atomic E-state index is 0.196. The number of hydrazine groups is 1. The Balaban J connectivity index is 2.44. The van der Waals surface area contributed by atoms with E-state index in [9.17, 15) is 0 Å². The first-order valence-electron chi connectivity index (χ1n) is 4.82. The van der Waals surface area contributed by atoms with Gasteiger partial charge in [0.1, 0.15) is 11.8 Å². The van der Waals surface area contributed by atoms with Gasteiger partial charge in [-0.15, -0.1) is 0 Å². The predicted molar refractivity (Wildman–Crippen MR) is 63.5 cm³/mol. The first kappa shape index (κ1) is 11.4. The molecule has 1 unspecified atom stereocenters. The third kappa shape index (κ3) is 1.91. The first-order valence-corrected chi connectivity index (χ1v) is 5.62. The van der Waals surface area contributed by atoms with Crippen molar-refractivity contribution < 1.29 is 4.42 Å². The molecule has 0 fully saturated rings. The molecule has 0 aliphatic heterocycles. The molecule has 0 bridgehead atoms. The summed E-state index contributed by atoms with van der Waals surface area (Å²) in [6.07, 6.45) is 3.55. The Labute approximate surface area is 102 Å². The number of aromatic nitrogens is 2. The fourth-order valence-corrected chi connectivity index (χ4v) is 2.15. The van der Waals surface area contributed by atoms with E-state index in [4.69, 9.17) is 10.3 Å². The van der Waals surface area contributed by atoms with Crippen LogP contribution in [0.5, 0.6) is 0 Å². The molecule has 86 valence electrons. The van der Waals surface area contributed by atoms with E-state index in [1.807, 2.05) is 26.2 Å². The molecule has 2 aromatic heterocycles. The maximum absolute atomic E-state index is 5.58. The van der Waals surface area contributed by atoms with Crippen molar-refractivity contribution in [1.29, 1.82) is 0 Å². The molecule has 0 aromatic carbocycles. The molecule has 0 radical (unpaired) electrons. The largest absolute Gasteiger partial charge is 0.466 e. The smallest absolute Gasteiger partial charge is 0.140 e. The van der Waals surface area contributed by atoms with Gasteiger partial charge in [-0.05, 0) is 28.9 Å². The molecule has 5 nitrogen and oxygen atoms in total. The van der Waals surface area contributed by atoms with Crippen LogP contribution in [-0.4, -0.2) is 9.78 Å². The van der Waals surface area contributed by atoms with Crippen molar-refractivity contribution in [2.75, 3.05) is 0 Å². The van der Waals surface area contributed by atoms with Gasteiger partial charge in [-0.25, -0.2) is 5.43 Å². The molecule has 2 aromatic rings. The highest BCUT2D eigenvalue weighted by atomic mass is 79.9. The molecule has 0 saturated heterocycles. The zero-order valence-corrected chi connectivity index (χ0v) is 10.7. The second kappa shape index (κ2) is 4.40. The van der Waals surface area contributed by atoms with Crippen LogP contribution < -0.4 is 11.3 Å². The highest BCUT2D eigenvalue weighted by Gasteiger charge is 2.22. The topological polar surface area (TPSA) is 69.0 Å². The van der Waals surface area contributed by atoms with E-state index in [2.05, 4.69) is 26.5 Å². The Bertz CT molecular complexity index is 491. The predicted octanol–water partition coefficient (Wildman–Crippen LogP) is 1.64. The summed E-state index contributed by atoms with van der Waals surface area (Å²) in [6.45, 7) is 1.94. The summed E-state index contributed by atoms with van der Waals surface area (Å²) in [5.74, 6) is 6.32. The Morgan fingerprint density at radius 3 is 2.81 bits per heavy atom. The molecular weight excluding hydrogens is 272 g/mol. The number of nitrogens with zero attached hydrogens (tertiary/aromatic N) is 2. The standard InChI is InChI=1S/C10H13BrN4O/c1-6-7(5-15(2)14-6)9(13-12)10-8(11)3-4-16-10/h3-5,9,13H,12H2,1-2H3. The van der Waals surface area contributed by atoms with E-state index in [0.29, 0.717) is 0 Å². The molecule has 0 spiro atoms. The number of hydrogen-bond donors (Lipinski definition) is 2. The second-order valence-corrected chi connectivity index (χ2v) is 4.43. The van der Waals surface area contributed by atoms with Crippen LogP contribution in [0.3, 0.4) is 0 Å². The van der Waals surface area contributed by atoms with Crippen LogP contribution in [0, 0.1) is 6.92 Å². The lowest BCUT2D eigenvalue weighted by Gasteiger charge is -2.12. The average molecular weight is 285 g/mol. The van der Waals surface area contributed by atoms with Gasteiger partial charge in [0, 0.05) is 18.8 Å². The van der Waals surface area contributed by atoms with Crippen LogP contribution in [0.15, 0.2) is 27.4 Å². The van der Waals surface area contributed by atoms with Crippen LogP contribution in [-0.2, 0) is 7.05 Å². The normalized spacial score (nSPS) is 13.0. The Kier molecular flexibility index (Phi) is 3.13. The van der Waals surface area contributed by atoms with Gasteiger partial charge in [0.2, 0.25) is 0 Å². The molecule has 6 heteroatoms. The third-order valence-electron chi connectivity index (χ3n) is 2.44. The van der Waals surface area contributed by atoms with Gasteiger partial charge in [-0.3, -0.25) is 10.5 Å². The van der Waals surface area contributed by atoms with Gasteiger partial charge in [0.25, 0.3) is 0 Å². The van der Waals surface area contributed by atoms with Gasteiger partial charge in [0.15, 0.2) is 0 Å². The summed E-state index contributed by atoms with van der Waals surface area (Å²) in [5.41, 5.74) is 4.66. The van der Waals surface area contributed by atoms with Crippen molar-refractivity contribution in [1.82, 2.24) is 15.2 Å². The van der Waals surface area contributed by atoms with E-state index in [1.54, 1.807) is 10.9 Å². The minimum atomic E-state index is -0.196. The SMILES string of the molecule is Cc1nn(C)cc1C(NN)c1occc1Br. The zero-order valence-electron chi connectivity index (χ0n) is 9.07. The number of nitrogens with one attached hydrogen (secondary N) is 1. The Hall–Kier alpha value is -1.11. The van der Waals surface area contributed by atoms with Crippen LogP contribution >= 0.6 is 15.9 Å². The van der Waals surface area contributed by atoms with Crippen LogP contribution in [0.2, 0.25) is 0 Å². The molecule has 0 amide bonds. The summed E-state index contributed by atoms with van der Waals surface area (Å²) in [7, 11) is 1.88. The van der Waals surface area contributed by atoms with E-state index in [0.717, 1.165) is 21.5 Å². The van der Waals surface area contributed by atoms with Crippen molar-refractivity contribution in [3.63, 3.8) is 0 Å². The Morgan fingerprint density at radius 1 is 1.62 bits per heavy atom. The number of nitrogens with two attached hydrogens (primary N) is 1. The molecule has 2 rings (SSSR count). The average Bonchev–Trinajstić information content (AvgIpc) is 2.77. The highest BCUT2D eigenvalue weighted by Crippen LogP contribution is 2.30. The van der Waals surface area contributed by atoms with Crippen molar-refractivity contribution in [2.45, 2.75) is 13.0 Å². The molecular formula is C10H13BrN4O.